The van der Waals surface area contributed by atoms with E-state index in [0.717, 1.165) is 19.4 Å². The van der Waals surface area contributed by atoms with Crippen LogP contribution >= 0.6 is 0 Å². The molecular weight excluding hydrogens is 174 g/mol. The van der Waals surface area contributed by atoms with Crippen LogP contribution in [0, 0.1) is 0 Å². The normalized spacial score (nSPS) is 29.1. The summed E-state index contributed by atoms with van der Waals surface area (Å²) in [6.07, 6.45) is 4.59. The van der Waals surface area contributed by atoms with Gasteiger partial charge in [-0.3, -0.25) is 0 Å². The van der Waals surface area contributed by atoms with E-state index in [2.05, 4.69) is 25.7 Å². The number of hydrogen-bond donors (Lipinski definition) is 1. The van der Waals surface area contributed by atoms with E-state index in [1.165, 1.54) is 18.4 Å². The molecule has 0 radical (unpaired) electrons. The van der Waals surface area contributed by atoms with Crippen LogP contribution in [0.1, 0.15) is 39.5 Å². The average Bonchev–Trinajstić information content (AvgIpc) is 2.53. The van der Waals surface area contributed by atoms with Crippen LogP contribution in [-0.2, 0) is 4.74 Å². The minimum Gasteiger partial charge on any atom is -0.374 e. The molecule has 1 rings (SSSR count). The molecule has 1 heterocycles. The van der Waals surface area contributed by atoms with Crippen molar-refractivity contribution < 1.29 is 4.74 Å². The summed E-state index contributed by atoms with van der Waals surface area (Å²) in [4.78, 5) is 0. The standard InChI is InChI=1S/C12H23NO/c1-10(2)6-7-11(13-4)12(3)8-5-9-14-12/h11,13H,1,5-9H2,2-4H3. The van der Waals surface area contributed by atoms with Gasteiger partial charge in [-0.05, 0) is 46.6 Å². The van der Waals surface area contributed by atoms with Crippen LogP contribution in [0.25, 0.3) is 0 Å². The fourth-order valence-electron chi connectivity index (χ4n) is 2.22. The summed E-state index contributed by atoms with van der Waals surface area (Å²) in [6, 6.07) is 0.460. The van der Waals surface area contributed by atoms with Crippen LogP contribution in [0.5, 0.6) is 0 Å². The first-order chi connectivity index (χ1) is 6.58. The number of ether oxygens (including phenoxy) is 1. The highest BCUT2D eigenvalue weighted by Crippen LogP contribution is 2.30. The first-order valence-corrected chi connectivity index (χ1v) is 5.54. The lowest BCUT2D eigenvalue weighted by Gasteiger charge is -2.33. The summed E-state index contributed by atoms with van der Waals surface area (Å²) >= 11 is 0. The lowest BCUT2D eigenvalue weighted by atomic mass is 9.89. The molecule has 0 saturated carbocycles. The second kappa shape index (κ2) is 4.94. The van der Waals surface area contributed by atoms with Crippen molar-refractivity contribution in [3.63, 3.8) is 0 Å². The van der Waals surface area contributed by atoms with E-state index in [1.807, 2.05) is 7.05 Å². The molecule has 0 bridgehead atoms. The topological polar surface area (TPSA) is 21.3 Å². The van der Waals surface area contributed by atoms with Gasteiger partial charge in [-0.1, -0.05) is 5.57 Å². The molecular formula is C12H23NO. The van der Waals surface area contributed by atoms with Gasteiger partial charge in [0, 0.05) is 12.6 Å². The molecule has 0 aromatic rings. The molecule has 1 aliphatic rings. The summed E-state index contributed by atoms with van der Waals surface area (Å²) < 4.78 is 5.83. The van der Waals surface area contributed by atoms with Gasteiger partial charge in [-0.2, -0.15) is 0 Å². The van der Waals surface area contributed by atoms with Crippen molar-refractivity contribution in [2.45, 2.75) is 51.2 Å². The molecule has 82 valence electrons. The first kappa shape index (κ1) is 11.7. The molecule has 2 heteroatoms. The Labute approximate surface area is 87.7 Å². The maximum Gasteiger partial charge on any atom is 0.0807 e. The molecule has 1 fully saturated rings. The molecule has 1 N–H and O–H groups in total. The highest BCUT2D eigenvalue weighted by atomic mass is 16.5. The zero-order chi connectivity index (χ0) is 10.6. The van der Waals surface area contributed by atoms with E-state index in [9.17, 15) is 0 Å². The summed E-state index contributed by atoms with van der Waals surface area (Å²) in [5, 5.41) is 3.37. The fourth-order valence-corrected chi connectivity index (χ4v) is 2.22. The van der Waals surface area contributed by atoms with Crippen LogP contribution in [0.15, 0.2) is 12.2 Å². The second-order valence-electron chi connectivity index (χ2n) is 4.60. The SMILES string of the molecule is C=C(C)CCC(NC)C1(C)CCCO1. The van der Waals surface area contributed by atoms with Crippen molar-refractivity contribution in [2.24, 2.45) is 0 Å². The Morgan fingerprint density at radius 2 is 2.36 bits per heavy atom. The Morgan fingerprint density at radius 3 is 2.79 bits per heavy atom. The average molecular weight is 197 g/mol. The number of likely N-dealkylation sites (N-methyl/N-ethyl adjacent to an activating group) is 1. The third-order valence-electron chi connectivity index (χ3n) is 3.19. The van der Waals surface area contributed by atoms with Crippen molar-refractivity contribution in [1.82, 2.24) is 5.32 Å². The lowest BCUT2D eigenvalue weighted by Crippen LogP contribution is -2.46. The van der Waals surface area contributed by atoms with Gasteiger partial charge in [-0.25, -0.2) is 0 Å². The van der Waals surface area contributed by atoms with E-state index >= 15 is 0 Å². The Kier molecular flexibility index (Phi) is 4.14. The maximum atomic E-state index is 5.83. The molecule has 0 aromatic carbocycles. The minimum atomic E-state index is 0.0458. The molecule has 0 aliphatic carbocycles. The Hall–Kier alpha value is -0.340. The molecule has 14 heavy (non-hydrogen) atoms. The Balaban J connectivity index is 2.47. The van der Waals surface area contributed by atoms with Crippen molar-refractivity contribution in [2.75, 3.05) is 13.7 Å². The minimum absolute atomic E-state index is 0.0458. The maximum absolute atomic E-state index is 5.83. The van der Waals surface area contributed by atoms with E-state index < -0.39 is 0 Å². The molecule has 1 saturated heterocycles. The molecule has 2 atom stereocenters. The van der Waals surface area contributed by atoms with Gasteiger partial charge >= 0.3 is 0 Å². The number of nitrogens with one attached hydrogen (secondary N) is 1. The number of allylic oxidation sites excluding steroid dienone is 1. The van der Waals surface area contributed by atoms with Gasteiger partial charge < -0.3 is 10.1 Å². The molecule has 0 aromatic heterocycles. The van der Waals surface area contributed by atoms with Gasteiger partial charge in [0.25, 0.3) is 0 Å². The zero-order valence-electron chi connectivity index (χ0n) is 9.73. The summed E-state index contributed by atoms with van der Waals surface area (Å²) in [6.45, 7) is 9.17. The number of hydrogen-bond acceptors (Lipinski definition) is 2. The third-order valence-corrected chi connectivity index (χ3v) is 3.19. The van der Waals surface area contributed by atoms with Gasteiger partial charge in [-0.15, -0.1) is 6.58 Å². The predicted octanol–water partition coefficient (Wildman–Crippen LogP) is 2.50. The van der Waals surface area contributed by atoms with E-state index in [-0.39, 0.29) is 5.60 Å². The Morgan fingerprint density at radius 1 is 1.64 bits per heavy atom. The molecule has 2 nitrogen and oxygen atoms in total. The molecule has 2 unspecified atom stereocenters. The van der Waals surface area contributed by atoms with Crippen LogP contribution < -0.4 is 5.32 Å². The smallest absolute Gasteiger partial charge is 0.0807 e. The van der Waals surface area contributed by atoms with Crippen LogP contribution in [0.4, 0.5) is 0 Å². The van der Waals surface area contributed by atoms with Gasteiger partial charge in [0.2, 0.25) is 0 Å². The predicted molar refractivity (Wildman–Crippen MR) is 60.5 cm³/mol. The van der Waals surface area contributed by atoms with Gasteiger partial charge in [0.1, 0.15) is 0 Å². The largest absolute Gasteiger partial charge is 0.374 e. The highest BCUT2D eigenvalue weighted by Gasteiger charge is 2.36. The lowest BCUT2D eigenvalue weighted by molar-refractivity contribution is -0.0117. The quantitative estimate of drug-likeness (QED) is 0.684. The zero-order valence-corrected chi connectivity index (χ0v) is 9.73. The van der Waals surface area contributed by atoms with Crippen molar-refractivity contribution in [3.8, 4) is 0 Å². The monoisotopic (exact) mass is 197 g/mol. The van der Waals surface area contributed by atoms with Crippen molar-refractivity contribution in [3.05, 3.63) is 12.2 Å². The van der Waals surface area contributed by atoms with Crippen LogP contribution in [-0.4, -0.2) is 25.3 Å². The van der Waals surface area contributed by atoms with Gasteiger partial charge in [0.05, 0.1) is 5.60 Å². The third kappa shape index (κ3) is 2.82. The van der Waals surface area contributed by atoms with Crippen LogP contribution in [0.3, 0.4) is 0 Å². The van der Waals surface area contributed by atoms with E-state index in [0.29, 0.717) is 6.04 Å². The second-order valence-corrected chi connectivity index (χ2v) is 4.60. The van der Waals surface area contributed by atoms with Crippen LogP contribution in [0.2, 0.25) is 0 Å². The van der Waals surface area contributed by atoms with Gasteiger partial charge in [0.15, 0.2) is 0 Å². The Bertz CT molecular complexity index is 194. The van der Waals surface area contributed by atoms with Crippen molar-refractivity contribution in [1.29, 1.82) is 0 Å². The first-order valence-electron chi connectivity index (χ1n) is 5.54. The summed E-state index contributed by atoms with van der Waals surface area (Å²) in [7, 11) is 2.02. The molecule has 0 spiro atoms. The van der Waals surface area contributed by atoms with E-state index in [1.54, 1.807) is 0 Å². The number of rotatable bonds is 5. The summed E-state index contributed by atoms with van der Waals surface area (Å²) in [5.74, 6) is 0. The van der Waals surface area contributed by atoms with Crippen molar-refractivity contribution >= 4 is 0 Å². The highest BCUT2D eigenvalue weighted by molar-refractivity contribution is 4.96. The molecule has 1 aliphatic heterocycles. The van der Waals surface area contributed by atoms with E-state index in [4.69, 9.17) is 4.74 Å². The summed E-state index contributed by atoms with van der Waals surface area (Å²) in [5.41, 5.74) is 1.30. The molecule has 0 amide bonds. The fraction of sp³-hybridized carbons (Fsp3) is 0.833.